The van der Waals surface area contributed by atoms with E-state index in [9.17, 15) is 5.11 Å². The molecule has 1 saturated carbocycles. The molecule has 116 valence electrons. The average molecular weight is 306 g/mol. The molecule has 0 saturated heterocycles. The van der Waals surface area contributed by atoms with E-state index in [1.807, 2.05) is 16.0 Å². The van der Waals surface area contributed by atoms with Crippen LogP contribution in [-0.2, 0) is 6.42 Å². The molecule has 21 heavy (non-hydrogen) atoms. The number of unbranched alkanes of at least 4 members (excludes halogenated alkanes) is 1. The molecule has 0 aliphatic heterocycles. The fourth-order valence-electron chi connectivity index (χ4n) is 3.61. The fourth-order valence-corrected chi connectivity index (χ4v) is 4.33. The van der Waals surface area contributed by atoms with Gasteiger partial charge >= 0.3 is 0 Å². The van der Waals surface area contributed by atoms with Gasteiger partial charge in [-0.1, -0.05) is 39.0 Å². The number of imidazole rings is 1. The predicted octanol–water partition coefficient (Wildman–Crippen LogP) is 4.30. The Balaban J connectivity index is 1.50. The van der Waals surface area contributed by atoms with E-state index in [0.29, 0.717) is 12.3 Å². The van der Waals surface area contributed by atoms with Crippen LogP contribution in [0.4, 0.5) is 0 Å². The zero-order valence-electron chi connectivity index (χ0n) is 12.9. The maximum Gasteiger partial charge on any atom is 0.193 e. The maximum absolute atomic E-state index is 10.5. The first kappa shape index (κ1) is 15.0. The van der Waals surface area contributed by atoms with Crippen LogP contribution in [0.3, 0.4) is 0 Å². The van der Waals surface area contributed by atoms with E-state index in [1.54, 1.807) is 11.3 Å². The third-order valence-electron chi connectivity index (χ3n) is 4.96. The molecule has 2 aromatic rings. The van der Waals surface area contributed by atoms with Gasteiger partial charge in [0.15, 0.2) is 4.96 Å². The standard InChI is InChI=1S/C17H26N2OS/c1-2-3-4-13-5-7-14(8-6-13)16(20)11-15-12-19-9-10-21-17(19)18-15/h9-10,12-14,16,20H,2-8,11H2,1H3. The molecule has 1 aliphatic carbocycles. The third kappa shape index (κ3) is 3.67. The zero-order chi connectivity index (χ0) is 14.7. The molecule has 1 N–H and O–H groups in total. The Kier molecular flexibility index (Phi) is 4.96. The highest BCUT2D eigenvalue weighted by Crippen LogP contribution is 2.34. The third-order valence-corrected chi connectivity index (χ3v) is 5.73. The molecule has 2 heterocycles. The van der Waals surface area contributed by atoms with Crippen molar-refractivity contribution in [3.63, 3.8) is 0 Å². The summed E-state index contributed by atoms with van der Waals surface area (Å²) in [5.41, 5.74) is 1.03. The Labute approximate surface area is 131 Å². The molecule has 3 rings (SSSR count). The van der Waals surface area contributed by atoms with Crippen LogP contribution in [0.15, 0.2) is 17.8 Å². The number of hydrogen-bond acceptors (Lipinski definition) is 3. The topological polar surface area (TPSA) is 37.5 Å². The van der Waals surface area contributed by atoms with Crippen molar-refractivity contribution in [3.8, 4) is 0 Å². The van der Waals surface area contributed by atoms with Crippen molar-refractivity contribution in [2.24, 2.45) is 11.8 Å². The van der Waals surface area contributed by atoms with Gasteiger partial charge in [0.2, 0.25) is 0 Å². The number of aromatic nitrogens is 2. The van der Waals surface area contributed by atoms with Crippen LogP contribution in [0.25, 0.3) is 4.96 Å². The molecule has 1 unspecified atom stereocenters. The minimum Gasteiger partial charge on any atom is -0.392 e. The summed E-state index contributed by atoms with van der Waals surface area (Å²) < 4.78 is 2.05. The van der Waals surface area contributed by atoms with Crippen molar-refractivity contribution in [1.29, 1.82) is 0 Å². The van der Waals surface area contributed by atoms with Gasteiger partial charge in [-0.3, -0.25) is 4.40 Å². The van der Waals surface area contributed by atoms with E-state index in [4.69, 9.17) is 0 Å². The monoisotopic (exact) mass is 306 g/mol. The average Bonchev–Trinajstić information content (AvgIpc) is 3.06. The number of rotatable bonds is 6. The number of hydrogen-bond donors (Lipinski definition) is 1. The second-order valence-electron chi connectivity index (χ2n) is 6.52. The van der Waals surface area contributed by atoms with Gasteiger partial charge in [-0.05, 0) is 24.7 Å². The molecule has 0 radical (unpaired) electrons. The second kappa shape index (κ2) is 6.93. The molecule has 1 aliphatic rings. The first-order valence-corrected chi connectivity index (χ1v) is 9.23. The lowest BCUT2D eigenvalue weighted by Gasteiger charge is -2.31. The van der Waals surface area contributed by atoms with Gasteiger partial charge in [0.1, 0.15) is 0 Å². The summed E-state index contributed by atoms with van der Waals surface area (Å²) in [6.45, 7) is 2.27. The second-order valence-corrected chi connectivity index (χ2v) is 7.39. The summed E-state index contributed by atoms with van der Waals surface area (Å²) in [6.07, 6.45) is 13.6. The summed E-state index contributed by atoms with van der Waals surface area (Å²) in [6, 6.07) is 0. The summed E-state index contributed by atoms with van der Waals surface area (Å²) in [4.78, 5) is 5.61. The lowest BCUT2D eigenvalue weighted by atomic mass is 9.77. The lowest BCUT2D eigenvalue weighted by Crippen LogP contribution is -2.27. The molecular formula is C17H26N2OS. The Bertz CT molecular complexity index is 525. The van der Waals surface area contributed by atoms with E-state index in [0.717, 1.165) is 16.6 Å². The molecule has 0 aromatic carbocycles. The van der Waals surface area contributed by atoms with E-state index < -0.39 is 0 Å². The van der Waals surface area contributed by atoms with Gasteiger partial charge in [0.25, 0.3) is 0 Å². The highest BCUT2D eigenvalue weighted by molar-refractivity contribution is 7.15. The van der Waals surface area contributed by atoms with Crippen LogP contribution in [0.1, 0.15) is 57.6 Å². The van der Waals surface area contributed by atoms with Gasteiger partial charge in [-0.2, -0.15) is 0 Å². The van der Waals surface area contributed by atoms with Crippen LogP contribution < -0.4 is 0 Å². The summed E-state index contributed by atoms with van der Waals surface area (Å²) >= 11 is 1.65. The van der Waals surface area contributed by atoms with Crippen molar-refractivity contribution in [2.45, 2.75) is 64.4 Å². The summed E-state index contributed by atoms with van der Waals surface area (Å²) in [5, 5.41) is 12.5. The van der Waals surface area contributed by atoms with Gasteiger partial charge in [-0.15, -0.1) is 11.3 Å². The first-order chi connectivity index (χ1) is 10.3. The van der Waals surface area contributed by atoms with Crippen molar-refractivity contribution in [1.82, 2.24) is 9.38 Å². The van der Waals surface area contributed by atoms with Crippen LogP contribution in [0, 0.1) is 11.8 Å². The van der Waals surface area contributed by atoms with Crippen LogP contribution in [0.5, 0.6) is 0 Å². The van der Waals surface area contributed by atoms with Crippen molar-refractivity contribution in [3.05, 3.63) is 23.5 Å². The Morgan fingerprint density at radius 2 is 2.19 bits per heavy atom. The molecule has 1 atom stereocenters. The Morgan fingerprint density at radius 1 is 1.38 bits per heavy atom. The van der Waals surface area contributed by atoms with E-state index in [-0.39, 0.29) is 6.10 Å². The number of aliphatic hydroxyl groups is 1. The van der Waals surface area contributed by atoms with Crippen molar-refractivity contribution < 1.29 is 5.11 Å². The van der Waals surface area contributed by atoms with E-state index >= 15 is 0 Å². The van der Waals surface area contributed by atoms with E-state index in [1.165, 1.54) is 44.9 Å². The normalized spacial score (nSPS) is 24.5. The number of aliphatic hydroxyl groups excluding tert-OH is 1. The highest BCUT2D eigenvalue weighted by atomic mass is 32.1. The Hall–Kier alpha value is -0.870. The number of nitrogens with zero attached hydrogens (tertiary/aromatic N) is 2. The molecular weight excluding hydrogens is 280 g/mol. The van der Waals surface area contributed by atoms with Gasteiger partial charge in [0, 0.05) is 24.2 Å². The lowest BCUT2D eigenvalue weighted by molar-refractivity contribution is 0.0720. The SMILES string of the molecule is CCCCC1CCC(C(O)Cc2cn3ccsc3n2)CC1. The fraction of sp³-hybridized carbons (Fsp3) is 0.706. The van der Waals surface area contributed by atoms with Crippen LogP contribution in [0.2, 0.25) is 0 Å². The van der Waals surface area contributed by atoms with E-state index in [2.05, 4.69) is 18.1 Å². The highest BCUT2D eigenvalue weighted by Gasteiger charge is 2.26. The molecule has 0 spiro atoms. The number of thiazole rings is 1. The smallest absolute Gasteiger partial charge is 0.193 e. The largest absolute Gasteiger partial charge is 0.392 e. The minimum atomic E-state index is -0.221. The van der Waals surface area contributed by atoms with Gasteiger partial charge in [0.05, 0.1) is 11.8 Å². The molecule has 0 bridgehead atoms. The first-order valence-electron chi connectivity index (χ1n) is 8.35. The zero-order valence-corrected chi connectivity index (χ0v) is 13.7. The molecule has 0 amide bonds. The minimum absolute atomic E-state index is 0.221. The molecule has 3 nitrogen and oxygen atoms in total. The van der Waals surface area contributed by atoms with Gasteiger partial charge < -0.3 is 5.11 Å². The summed E-state index contributed by atoms with van der Waals surface area (Å²) in [5.74, 6) is 1.38. The quantitative estimate of drug-likeness (QED) is 0.864. The summed E-state index contributed by atoms with van der Waals surface area (Å²) in [7, 11) is 0. The Morgan fingerprint density at radius 3 is 2.90 bits per heavy atom. The van der Waals surface area contributed by atoms with Gasteiger partial charge in [-0.25, -0.2) is 4.98 Å². The molecule has 4 heteroatoms. The predicted molar refractivity (Wildman–Crippen MR) is 87.8 cm³/mol. The van der Waals surface area contributed by atoms with Crippen molar-refractivity contribution >= 4 is 16.3 Å². The molecule has 1 fully saturated rings. The maximum atomic E-state index is 10.5. The van der Waals surface area contributed by atoms with Crippen molar-refractivity contribution in [2.75, 3.05) is 0 Å². The molecule has 2 aromatic heterocycles. The van der Waals surface area contributed by atoms with Crippen LogP contribution in [-0.4, -0.2) is 20.6 Å². The number of fused-ring (bicyclic) bond motifs is 1. The van der Waals surface area contributed by atoms with Crippen LogP contribution >= 0.6 is 11.3 Å².